The maximum Gasteiger partial charge on any atom is 0.122 e. The Hall–Kier alpha value is -1.70. The van der Waals surface area contributed by atoms with E-state index in [2.05, 4.69) is 13.2 Å². The van der Waals surface area contributed by atoms with E-state index in [4.69, 9.17) is 9.47 Å². The van der Waals surface area contributed by atoms with Crippen molar-refractivity contribution < 1.29 is 9.47 Å². The fourth-order valence-corrected chi connectivity index (χ4v) is 1.18. The van der Waals surface area contributed by atoms with Crippen LogP contribution in [0.2, 0.25) is 0 Å². The van der Waals surface area contributed by atoms with Crippen molar-refractivity contribution in [2.75, 3.05) is 13.2 Å². The van der Waals surface area contributed by atoms with Crippen LogP contribution in [-0.2, 0) is 0 Å². The van der Waals surface area contributed by atoms with Crippen molar-refractivity contribution in [3.8, 4) is 11.5 Å². The first-order chi connectivity index (χ1) is 7.27. The van der Waals surface area contributed by atoms with Gasteiger partial charge < -0.3 is 9.47 Å². The molecule has 0 saturated carbocycles. The molecule has 0 bridgehead atoms. The summed E-state index contributed by atoms with van der Waals surface area (Å²) in [5, 5.41) is 0. The van der Waals surface area contributed by atoms with E-state index in [9.17, 15) is 0 Å². The highest BCUT2D eigenvalue weighted by Gasteiger charge is 2.00. The second-order valence-electron chi connectivity index (χ2n) is 3.13. The van der Waals surface area contributed by atoms with Crippen molar-refractivity contribution >= 4 is 0 Å². The predicted octanol–water partition coefficient (Wildman–Crippen LogP) is 3.12. The van der Waals surface area contributed by atoms with Crippen LogP contribution in [0.15, 0.2) is 43.5 Å². The Morgan fingerprint density at radius 2 is 1.80 bits per heavy atom. The summed E-state index contributed by atoms with van der Waals surface area (Å²) in [6.45, 7) is 10.2. The highest BCUT2D eigenvalue weighted by molar-refractivity contribution is 5.39. The van der Waals surface area contributed by atoms with Crippen molar-refractivity contribution in [2.24, 2.45) is 0 Å². The molecule has 80 valence electrons. The van der Waals surface area contributed by atoms with Crippen molar-refractivity contribution in [1.29, 1.82) is 0 Å². The van der Waals surface area contributed by atoms with Gasteiger partial charge in [0.05, 0.1) is 0 Å². The Labute approximate surface area is 90.8 Å². The molecule has 0 N–H and O–H groups in total. The van der Waals surface area contributed by atoms with Gasteiger partial charge in [-0.2, -0.15) is 0 Å². The van der Waals surface area contributed by atoms with Gasteiger partial charge >= 0.3 is 0 Å². The molecule has 0 aliphatic rings. The van der Waals surface area contributed by atoms with Gasteiger partial charge in [0.2, 0.25) is 0 Å². The summed E-state index contributed by atoms with van der Waals surface area (Å²) in [6, 6.07) is 5.73. The number of benzene rings is 1. The zero-order chi connectivity index (χ0) is 11.1. The topological polar surface area (TPSA) is 18.5 Å². The quantitative estimate of drug-likeness (QED) is 0.663. The Bertz CT molecular complexity index is 342. The summed E-state index contributed by atoms with van der Waals surface area (Å²) in [4.78, 5) is 0. The molecule has 0 unspecified atom stereocenters. The maximum atomic E-state index is 5.45. The normalized spacial score (nSPS) is 9.40. The Kier molecular flexibility index (Phi) is 4.48. The molecule has 0 heterocycles. The smallest absolute Gasteiger partial charge is 0.122 e. The van der Waals surface area contributed by atoms with E-state index < -0.39 is 0 Å². The van der Waals surface area contributed by atoms with Gasteiger partial charge in [-0.05, 0) is 30.7 Å². The molecule has 0 saturated heterocycles. The van der Waals surface area contributed by atoms with Crippen LogP contribution in [0.1, 0.15) is 5.56 Å². The van der Waals surface area contributed by atoms with Gasteiger partial charge in [-0.15, -0.1) is 0 Å². The summed E-state index contributed by atoms with van der Waals surface area (Å²) in [5.41, 5.74) is 1.05. The molecule has 1 aromatic carbocycles. The monoisotopic (exact) mass is 204 g/mol. The third kappa shape index (κ3) is 3.50. The molecule has 0 spiro atoms. The lowest BCUT2D eigenvalue weighted by Crippen LogP contribution is -1.97. The Morgan fingerprint density at radius 1 is 1.13 bits per heavy atom. The van der Waals surface area contributed by atoms with Crippen LogP contribution in [0, 0.1) is 6.92 Å². The average Bonchev–Trinajstić information content (AvgIpc) is 2.25. The molecule has 1 rings (SSSR count). The van der Waals surface area contributed by atoms with Gasteiger partial charge in [-0.1, -0.05) is 25.3 Å². The highest BCUT2D eigenvalue weighted by atomic mass is 16.5. The van der Waals surface area contributed by atoms with E-state index in [1.807, 2.05) is 25.1 Å². The van der Waals surface area contributed by atoms with Gasteiger partial charge in [0.15, 0.2) is 0 Å². The molecule has 0 aliphatic heterocycles. The van der Waals surface area contributed by atoms with Crippen LogP contribution >= 0.6 is 0 Å². The SMILES string of the molecule is C=CCOc1ccc(OCC=C)c(C)c1. The number of aryl methyl sites for hydroxylation is 1. The van der Waals surface area contributed by atoms with E-state index in [1.54, 1.807) is 12.2 Å². The lowest BCUT2D eigenvalue weighted by atomic mass is 10.2. The van der Waals surface area contributed by atoms with E-state index in [-0.39, 0.29) is 0 Å². The number of hydrogen-bond acceptors (Lipinski definition) is 2. The first kappa shape index (κ1) is 11.4. The summed E-state index contributed by atoms with van der Waals surface area (Å²) >= 11 is 0. The van der Waals surface area contributed by atoms with Crippen molar-refractivity contribution in [2.45, 2.75) is 6.92 Å². The van der Waals surface area contributed by atoms with E-state index in [0.717, 1.165) is 17.1 Å². The van der Waals surface area contributed by atoms with Gasteiger partial charge in [0.1, 0.15) is 24.7 Å². The molecule has 0 radical (unpaired) electrons. The molecule has 0 aliphatic carbocycles. The minimum Gasteiger partial charge on any atom is -0.490 e. The Balaban J connectivity index is 2.69. The molecule has 15 heavy (non-hydrogen) atoms. The van der Waals surface area contributed by atoms with Crippen LogP contribution in [-0.4, -0.2) is 13.2 Å². The average molecular weight is 204 g/mol. The summed E-state index contributed by atoms with van der Waals surface area (Å²) < 4.78 is 10.9. The number of rotatable bonds is 6. The molecular formula is C13H16O2. The molecule has 0 fully saturated rings. The molecule has 2 nitrogen and oxygen atoms in total. The molecular weight excluding hydrogens is 188 g/mol. The second-order valence-corrected chi connectivity index (χ2v) is 3.13. The van der Waals surface area contributed by atoms with Crippen LogP contribution in [0.25, 0.3) is 0 Å². The van der Waals surface area contributed by atoms with E-state index >= 15 is 0 Å². The molecule has 0 amide bonds. The van der Waals surface area contributed by atoms with E-state index in [1.165, 1.54) is 0 Å². The van der Waals surface area contributed by atoms with Crippen LogP contribution in [0.3, 0.4) is 0 Å². The van der Waals surface area contributed by atoms with Crippen LogP contribution in [0.4, 0.5) is 0 Å². The van der Waals surface area contributed by atoms with Crippen molar-refractivity contribution in [3.63, 3.8) is 0 Å². The maximum absolute atomic E-state index is 5.45. The first-order valence-electron chi connectivity index (χ1n) is 4.86. The Morgan fingerprint density at radius 3 is 2.40 bits per heavy atom. The minimum absolute atomic E-state index is 0.520. The van der Waals surface area contributed by atoms with E-state index in [0.29, 0.717) is 13.2 Å². The van der Waals surface area contributed by atoms with Gasteiger partial charge in [0.25, 0.3) is 0 Å². The lowest BCUT2D eigenvalue weighted by molar-refractivity contribution is 0.351. The van der Waals surface area contributed by atoms with Gasteiger partial charge in [0, 0.05) is 0 Å². The molecule has 0 atom stereocenters. The second kappa shape index (κ2) is 5.91. The summed E-state index contributed by atoms with van der Waals surface area (Å²) in [7, 11) is 0. The van der Waals surface area contributed by atoms with Gasteiger partial charge in [-0.3, -0.25) is 0 Å². The summed E-state index contributed by atoms with van der Waals surface area (Å²) in [5.74, 6) is 1.69. The number of ether oxygens (including phenoxy) is 2. The van der Waals surface area contributed by atoms with Crippen molar-refractivity contribution in [3.05, 3.63) is 49.1 Å². The lowest BCUT2D eigenvalue weighted by Gasteiger charge is -2.09. The third-order valence-electron chi connectivity index (χ3n) is 1.87. The van der Waals surface area contributed by atoms with Crippen molar-refractivity contribution in [1.82, 2.24) is 0 Å². The largest absolute Gasteiger partial charge is 0.490 e. The third-order valence-corrected chi connectivity index (χ3v) is 1.87. The standard InChI is InChI=1S/C13H16O2/c1-4-8-14-12-6-7-13(11(3)10-12)15-9-5-2/h4-7,10H,1-2,8-9H2,3H3. The first-order valence-corrected chi connectivity index (χ1v) is 4.86. The molecule has 0 aromatic heterocycles. The van der Waals surface area contributed by atoms with Crippen LogP contribution in [0.5, 0.6) is 11.5 Å². The fraction of sp³-hybridized carbons (Fsp3) is 0.231. The van der Waals surface area contributed by atoms with Crippen LogP contribution < -0.4 is 9.47 Å². The number of hydrogen-bond donors (Lipinski definition) is 0. The van der Waals surface area contributed by atoms with Gasteiger partial charge in [-0.25, -0.2) is 0 Å². The fourth-order valence-electron chi connectivity index (χ4n) is 1.18. The minimum atomic E-state index is 0.520. The summed E-state index contributed by atoms with van der Waals surface area (Å²) in [6.07, 6.45) is 3.44. The highest BCUT2D eigenvalue weighted by Crippen LogP contribution is 2.23. The molecule has 1 aromatic rings. The zero-order valence-corrected chi connectivity index (χ0v) is 9.03. The molecule has 2 heteroatoms. The zero-order valence-electron chi connectivity index (χ0n) is 9.03. The predicted molar refractivity (Wildman–Crippen MR) is 62.6 cm³/mol.